The Labute approximate surface area is 114 Å². The Balaban J connectivity index is 1.54. The summed E-state index contributed by atoms with van der Waals surface area (Å²) in [5.74, 6) is 2.00. The first-order valence-corrected chi connectivity index (χ1v) is 7.49. The summed E-state index contributed by atoms with van der Waals surface area (Å²) in [6.45, 7) is 0.139. The summed E-state index contributed by atoms with van der Waals surface area (Å²) in [6, 6.07) is 0. The molecule has 19 heavy (non-hydrogen) atoms. The molecule has 0 radical (unpaired) electrons. The van der Waals surface area contributed by atoms with Crippen LogP contribution in [0.5, 0.6) is 0 Å². The zero-order valence-corrected chi connectivity index (χ0v) is 11.4. The van der Waals surface area contributed by atoms with E-state index in [1.54, 1.807) is 0 Å². The Morgan fingerprint density at radius 1 is 1.05 bits per heavy atom. The minimum Gasteiger partial charge on any atom is -0.465 e. The fourth-order valence-corrected chi connectivity index (χ4v) is 5.13. The van der Waals surface area contributed by atoms with Gasteiger partial charge in [0, 0.05) is 0 Å². The standard InChI is InChI=1S/C15H23NO3/c16-13(17)1-2-19-14(18)9-15-6-10-3-11(7-15)5-12(4-10)8-15/h10-12H,1-9H2,(H2,16,17). The quantitative estimate of drug-likeness (QED) is 0.773. The lowest BCUT2D eigenvalue weighted by atomic mass is 9.49. The van der Waals surface area contributed by atoms with Crippen LogP contribution in [0.4, 0.5) is 0 Å². The number of carbonyl (C=O) groups excluding carboxylic acids is 2. The van der Waals surface area contributed by atoms with Crippen molar-refractivity contribution in [2.45, 2.75) is 51.4 Å². The predicted octanol–water partition coefficient (Wildman–Crippen LogP) is 2.01. The lowest BCUT2D eigenvalue weighted by Gasteiger charge is -2.56. The van der Waals surface area contributed by atoms with Gasteiger partial charge in [0.15, 0.2) is 0 Å². The highest BCUT2D eigenvalue weighted by Gasteiger charge is 2.51. The fourth-order valence-electron chi connectivity index (χ4n) is 5.13. The molecule has 1 amide bonds. The topological polar surface area (TPSA) is 69.4 Å². The number of esters is 1. The average molecular weight is 265 g/mol. The van der Waals surface area contributed by atoms with E-state index in [0.717, 1.165) is 17.8 Å². The SMILES string of the molecule is NC(=O)CCOC(=O)CC12CC3CC(CC(C3)C1)C2. The van der Waals surface area contributed by atoms with Gasteiger partial charge < -0.3 is 10.5 Å². The molecule has 0 aromatic carbocycles. The van der Waals surface area contributed by atoms with Gasteiger partial charge in [-0.05, 0) is 61.7 Å². The van der Waals surface area contributed by atoms with E-state index >= 15 is 0 Å². The smallest absolute Gasteiger partial charge is 0.306 e. The van der Waals surface area contributed by atoms with Crippen LogP contribution in [0.1, 0.15) is 51.4 Å². The van der Waals surface area contributed by atoms with Crippen LogP contribution < -0.4 is 5.73 Å². The molecule has 0 aromatic heterocycles. The zero-order valence-electron chi connectivity index (χ0n) is 11.4. The Morgan fingerprint density at radius 3 is 2.05 bits per heavy atom. The molecule has 0 saturated heterocycles. The molecule has 4 saturated carbocycles. The van der Waals surface area contributed by atoms with Crippen LogP contribution in [0.15, 0.2) is 0 Å². The van der Waals surface area contributed by atoms with Crippen molar-refractivity contribution in [1.82, 2.24) is 0 Å². The molecule has 0 aromatic rings. The van der Waals surface area contributed by atoms with E-state index in [-0.39, 0.29) is 24.4 Å². The maximum atomic E-state index is 11.9. The van der Waals surface area contributed by atoms with E-state index in [1.807, 2.05) is 0 Å². The number of amides is 1. The highest BCUT2D eigenvalue weighted by atomic mass is 16.5. The molecule has 4 nitrogen and oxygen atoms in total. The summed E-state index contributed by atoms with van der Waals surface area (Å²) in [5.41, 5.74) is 5.26. The number of hydrogen-bond acceptors (Lipinski definition) is 3. The molecule has 4 rings (SSSR count). The number of nitrogens with two attached hydrogens (primary N) is 1. The first-order valence-electron chi connectivity index (χ1n) is 7.49. The van der Waals surface area contributed by atoms with E-state index in [2.05, 4.69) is 0 Å². The second-order valence-corrected chi connectivity index (χ2v) is 7.03. The van der Waals surface area contributed by atoms with Gasteiger partial charge in [-0.2, -0.15) is 0 Å². The van der Waals surface area contributed by atoms with E-state index in [0.29, 0.717) is 6.42 Å². The van der Waals surface area contributed by atoms with Crippen LogP contribution in [-0.4, -0.2) is 18.5 Å². The van der Waals surface area contributed by atoms with Crippen LogP contribution in [0, 0.1) is 23.2 Å². The van der Waals surface area contributed by atoms with Gasteiger partial charge in [-0.15, -0.1) is 0 Å². The van der Waals surface area contributed by atoms with Crippen molar-refractivity contribution < 1.29 is 14.3 Å². The third-order valence-electron chi connectivity index (χ3n) is 5.30. The summed E-state index contributed by atoms with van der Waals surface area (Å²) in [4.78, 5) is 22.6. The molecule has 4 aliphatic carbocycles. The highest BCUT2D eigenvalue weighted by Crippen LogP contribution is 2.61. The minimum absolute atomic E-state index is 0.132. The molecule has 0 unspecified atom stereocenters. The summed E-state index contributed by atoms with van der Waals surface area (Å²) in [6.07, 6.45) is 8.47. The summed E-state index contributed by atoms with van der Waals surface area (Å²) >= 11 is 0. The van der Waals surface area contributed by atoms with Gasteiger partial charge in [-0.3, -0.25) is 9.59 Å². The highest BCUT2D eigenvalue weighted by molar-refractivity contribution is 5.75. The number of hydrogen-bond donors (Lipinski definition) is 1. The zero-order chi connectivity index (χ0) is 13.5. The van der Waals surface area contributed by atoms with Crippen molar-refractivity contribution in [1.29, 1.82) is 0 Å². The van der Waals surface area contributed by atoms with E-state index in [9.17, 15) is 9.59 Å². The van der Waals surface area contributed by atoms with Crippen molar-refractivity contribution in [3.63, 3.8) is 0 Å². The molecule has 4 bridgehead atoms. The van der Waals surface area contributed by atoms with Crippen molar-refractivity contribution in [2.24, 2.45) is 28.9 Å². The second-order valence-electron chi connectivity index (χ2n) is 7.03. The largest absolute Gasteiger partial charge is 0.465 e. The molecule has 4 aliphatic rings. The number of primary amides is 1. The molecule has 2 N–H and O–H groups in total. The minimum atomic E-state index is -0.414. The van der Waals surface area contributed by atoms with E-state index in [4.69, 9.17) is 10.5 Å². The molecule has 4 fully saturated rings. The van der Waals surface area contributed by atoms with E-state index in [1.165, 1.54) is 38.5 Å². The van der Waals surface area contributed by atoms with Gasteiger partial charge in [0.1, 0.15) is 6.61 Å². The first kappa shape index (κ1) is 12.9. The molecule has 0 heterocycles. The summed E-state index contributed by atoms with van der Waals surface area (Å²) in [7, 11) is 0. The van der Waals surface area contributed by atoms with Gasteiger partial charge in [0.25, 0.3) is 0 Å². The normalized spacial score (nSPS) is 39.3. The van der Waals surface area contributed by atoms with E-state index < -0.39 is 5.91 Å². The second kappa shape index (κ2) is 4.80. The molecule has 0 spiro atoms. The van der Waals surface area contributed by atoms with Crippen molar-refractivity contribution in [3.05, 3.63) is 0 Å². The number of ether oxygens (including phenoxy) is 1. The molecule has 0 aliphatic heterocycles. The lowest BCUT2D eigenvalue weighted by Crippen LogP contribution is -2.47. The van der Waals surface area contributed by atoms with Crippen LogP contribution in [0.25, 0.3) is 0 Å². The van der Waals surface area contributed by atoms with Gasteiger partial charge in [-0.1, -0.05) is 0 Å². The van der Waals surface area contributed by atoms with Crippen LogP contribution in [0.2, 0.25) is 0 Å². The van der Waals surface area contributed by atoms with Crippen LogP contribution >= 0.6 is 0 Å². The van der Waals surface area contributed by atoms with Gasteiger partial charge in [0.05, 0.1) is 12.8 Å². The number of rotatable bonds is 5. The first-order chi connectivity index (χ1) is 9.05. The summed E-state index contributed by atoms with van der Waals surface area (Å²) in [5, 5.41) is 0. The Bertz CT molecular complexity index is 356. The maximum absolute atomic E-state index is 11.9. The van der Waals surface area contributed by atoms with Gasteiger partial charge in [-0.25, -0.2) is 0 Å². The maximum Gasteiger partial charge on any atom is 0.306 e. The Hall–Kier alpha value is -1.06. The number of carbonyl (C=O) groups is 2. The van der Waals surface area contributed by atoms with Crippen molar-refractivity contribution in [3.8, 4) is 0 Å². The van der Waals surface area contributed by atoms with Gasteiger partial charge in [0.2, 0.25) is 5.91 Å². The Morgan fingerprint density at radius 2 is 1.58 bits per heavy atom. The van der Waals surface area contributed by atoms with Crippen molar-refractivity contribution in [2.75, 3.05) is 6.61 Å². The van der Waals surface area contributed by atoms with Crippen LogP contribution in [-0.2, 0) is 14.3 Å². The molecule has 4 heteroatoms. The lowest BCUT2D eigenvalue weighted by molar-refractivity contribution is -0.152. The average Bonchev–Trinajstić information content (AvgIpc) is 2.25. The molecular formula is C15H23NO3. The third-order valence-corrected chi connectivity index (χ3v) is 5.30. The summed E-state index contributed by atoms with van der Waals surface area (Å²) < 4.78 is 5.15. The third kappa shape index (κ3) is 2.77. The monoisotopic (exact) mass is 265 g/mol. The fraction of sp³-hybridized carbons (Fsp3) is 0.867. The molecule has 0 atom stereocenters. The molecular weight excluding hydrogens is 242 g/mol. The Kier molecular flexibility index (Phi) is 3.27. The van der Waals surface area contributed by atoms with Gasteiger partial charge >= 0.3 is 5.97 Å². The van der Waals surface area contributed by atoms with Crippen molar-refractivity contribution >= 4 is 11.9 Å². The van der Waals surface area contributed by atoms with Crippen LogP contribution in [0.3, 0.4) is 0 Å². The molecule has 106 valence electrons. The predicted molar refractivity (Wildman–Crippen MR) is 70.0 cm³/mol.